The van der Waals surface area contributed by atoms with Crippen molar-refractivity contribution in [2.24, 2.45) is 0 Å². The van der Waals surface area contributed by atoms with Crippen molar-refractivity contribution >= 4 is 16.9 Å². The number of nitrogens with two attached hydrogens (primary N) is 1. The SMILES string of the molecule is Nc1ncnc2c1c(-c1cccc(OCC34CCC(CC3)O4)c1)cn2[C@H]1CC[C@H](N2CC[C@H](F)C2)CC1. The summed E-state index contributed by atoms with van der Waals surface area (Å²) in [4.78, 5) is 11.3. The van der Waals surface area contributed by atoms with Crippen molar-refractivity contribution in [3.8, 4) is 16.9 Å². The molecule has 7 rings (SSSR count). The van der Waals surface area contributed by atoms with Gasteiger partial charge in [-0.05, 0) is 75.5 Å². The third-order valence-electron chi connectivity index (χ3n) is 9.28. The number of alkyl halides is 1. The molecular weight excluding hydrogens is 469 g/mol. The molecule has 4 fully saturated rings. The van der Waals surface area contributed by atoms with E-state index in [0.29, 0.717) is 43.6 Å². The molecule has 1 atom stereocenters. The third kappa shape index (κ3) is 4.28. The lowest BCUT2D eigenvalue weighted by molar-refractivity contribution is -0.0198. The van der Waals surface area contributed by atoms with Crippen LogP contribution in [0.1, 0.15) is 63.8 Å². The highest BCUT2D eigenvalue weighted by Crippen LogP contribution is 2.44. The van der Waals surface area contributed by atoms with Gasteiger partial charge in [0.25, 0.3) is 0 Å². The molecule has 196 valence electrons. The number of nitrogen functional groups attached to an aromatic ring is 1. The topological polar surface area (TPSA) is 78.4 Å². The fourth-order valence-corrected chi connectivity index (χ4v) is 7.24. The van der Waals surface area contributed by atoms with Gasteiger partial charge in [0.15, 0.2) is 0 Å². The first-order chi connectivity index (χ1) is 18.1. The second kappa shape index (κ2) is 9.24. The molecule has 5 heterocycles. The second-order valence-electron chi connectivity index (χ2n) is 11.6. The molecule has 2 N–H and O–H groups in total. The molecule has 4 aliphatic rings. The minimum absolute atomic E-state index is 0.103. The molecule has 1 saturated carbocycles. The van der Waals surface area contributed by atoms with E-state index in [1.54, 1.807) is 6.33 Å². The molecule has 0 spiro atoms. The standard InChI is InChI=1S/C29H36FN5O2/c30-20-10-13-34(15-20)21-4-6-22(7-5-21)35-16-25(26-27(31)32-18-33-28(26)35)19-2-1-3-24(14-19)36-17-29-11-8-23(37-29)9-12-29/h1-3,14,16,18,20-23H,4-13,15,17H2,(H2,31,32,33)/t20-,21-,22-,23?,29?/m0/s1. The first-order valence-electron chi connectivity index (χ1n) is 14.0. The molecule has 1 aromatic carbocycles. The Labute approximate surface area is 217 Å². The number of rotatable bonds is 6. The summed E-state index contributed by atoms with van der Waals surface area (Å²) >= 11 is 0. The molecule has 7 nitrogen and oxygen atoms in total. The van der Waals surface area contributed by atoms with Crippen LogP contribution in [0.25, 0.3) is 22.2 Å². The number of aromatic nitrogens is 3. The van der Waals surface area contributed by atoms with Gasteiger partial charge in [0.05, 0.1) is 11.5 Å². The van der Waals surface area contributed by atoms with Crippen LogP contribution >= 0.6 is 0 Å². The van der Waals surface area contributed by atoms with Crippen molar-refractivity contribution in [2.45, 2.75) is 87.7 Å². The number of likely N-dealkylation sites (tertiary alicyclic amines) is 1. The Morgan fingerprint density at radius 3 is 2.59 bits per heavy atom. The number of hydrogen-bond donors (Lipinski definition) is 1. The van der Waals surface area contributed by atoms with Gasteiger partial charge in [-0.2, -0.15) is 0 Å². The number of anilines is 1. The summed E-state index contributed by atoms with van der Waals surface area (Å²) in [6.45, 7) is 2.09. The number of halogens is 1. The Morgan fingerprint density at radius 2 is 1.86 bits per heavy atom. The summed E-state index contributed by atoms with van der Waals surface area (Å²) in [6, 6.07) is 9.09. The maximum absolute atomic E-state index is 13.8. The maximum Gasteiger partial charge on any atom is 0.146 e. The van der Waals surface area contributed by atoms with E-state index in [-0.39, 0.29) is 5.60 Å². The first-order valence-corrected chi connectivity index (χ1v) is 14.0. The molecule has 2 aromatic heterocycles. The van der Waals surface area contributed by atoms with Crippen LogP contribution in [0.2, 0.25) is 0 Å². The summed E-state index contributed by atoms with van der Waals surface area (Å²) in [5.41, 5.74) is 9.29. The van der Waals surface area contributed by atoms with Crippen LogP contribution in [0.15, 0.2) is 36.8 Å². The summed E-state index contributed by atoms with van der Waals surface area (Å²) in [5, 5.41) is 0.901. The van der Waals surface area contributed by atoms with Crippen LogP contribution < -0.4 is 10.5 Å². The molecule has 3 aromatic rings. The minimum atomic E-state index is -0.659. The zero-order valence-corrected chi connectivity index (χ0v) is 21.3. The Kier molecular flexibility index (Phi) is 5.85. The van der Waals surface area contributed by atoms with Crippen molar-refractivity contribution in [3.63, 3.8) is 0 Å². The van der Waals surface area contributed by atoms with Gasteiger partial charge in [-0.25, -0.2) is 14.4 Å². The van der Waals surface area contributed by atoms with E-state index < -0.39 is 6.17 Å². The lowest BCUT2D eigenvalue weighted by Crippen LogP contribution is -2.37. The first kappa shape index (κ1) is 23.4. The normalized spacial score (nSPS) is 31.9. The van der Waals surface area contributed by atoms with Gasteiger partial charge in [-0.1, -0.05) is 12.1 Å². The average Bonchev–Trinajstić information content (AvgIpc) is 3.72. The zero-order valence-electron chi connectivity index (χ0n) is 21.3. The Bertz CT molecular complexity index is 1280. The molecule has 0 radical (unpaired) electrons. The fraction of sp³-hybridized carbons (Fsp3) is 0.586. The van der Waals surface area contributed by atoms with E-state index in [1.807, 2.05) is 12.1 Å². The third-order valence-corrected chi connectivity index (χ3v) is 9.28. The van der Waals surface area contributed by atoms with E-state index in [1.165, 1.54) is 0 Å². The molecule has 0 amide bonds. The molecule has 3 saturated heterocycles. The van der Waals surface area contributed by atoms with Crippen LogP contribution in [0, 0.1) is 0 Å². The van der Waals surface area contributed by atoms with Gasteiger partial charge in [-0.3, -0.25) is 4.90 Å². The monoisotopic (exact) mass is 505 g/mol. The van der Waals surface area contributed by atoms with Crippen LogP contribution in [-0.2, 0) is 4.74 Å². The molecule has 3 aliphatic heterocycles. The van der Waals surface area contributed by atoms with E-state index >= 15 is 0 Å². The van der Waals surface area contributed by atoms with Crippen molar-refractivity contribution in [1.82, 2.24) is 19.4 Å². The van der Waals surface area contributed by atoms with Crippen LogP contribution in [0.5, 0.6) is 5.75 Å². The van der Waals surface area contributed by atoms with Crippen molar-refractivity contribution in [3.05, 3.63) is 36.8 Å². The highest BCUT2D eigenvalue weighted by Gasteiger charge is 2.46. The quantitative estimate of drug-likeness (QED) is 0.490. The van der Waals surface area contributed by atoms with E-state index in [4.69, 9.17) is 15.2 Å². The van der Waals surface area contributed by atoms with Gasteiger partial charge >= 0.3 is 0 Å². The molecule has 37 heavy (non-hydrogen) atoms. The summed E-state index contributed by atoms with van der Waals surface area (Å²) in [6.07, 6.45) is 13.0. The molecule has 0 unspecified atom stereocenters. The predicted octanol–water partition coefficient (Wildman–Crippen LogP) is 5.30. The van der Waals surface area contributed by atoms with Gasteiger partial charge < -0.3 is 19.8 Å². The smallest absolute Gasteiger partial charge is 0.146 e. The Morgan fingerprint density at radius 1 is 1.05 bits per heavy atom. The van der Waals surface area contributed by atoms with Gasteiger partial charge in [0.1, 0.15) is 41.9 Å². The van der Waals surface area contributed by atoms with Gasteiger partial charge in [0, 0.05) is 36.9 Å². The Hall–Kier alpha value is -2.71. The average molecular weight is 506 g/mol. The highest BCUT2D eigenvalue weighted by atomic mass is 19.1. The second-order valence-corrected chi connectivity index (χ2v) is 11.6. The van der Waals surface area contributed by atoms with Crippen LogP contribution in [0.3, 0.4) is 0 Å². The number of hydrogen-bond acceptors (Lipinski definition) is 6. The highest BCUT2D eigenvalue weighted by molar-refractivity contribution is 6.00. The Balaban J connectivity index is 1.14. The number of nitrogens with zero attached hydrogens (tertiary/aromatic N) is 4. The lowest BCUT2D eigenvalue weighted by Gasteiger charge is -2.35. The van der Waals surface area contributed by atoms with Crippen LogP contribution in [0.4, 0.5) is 10.2 Å². The van der Waals surface area contributed by atoms with Crippen molar-refractivity contribution < 1.29 is 13.9 Å². The van der Waals surface area contributed by atoms with Gasteiger partial charge in [0.2, 0.25) is 0 Å². The van der Waals surface area contributed by atoms with Crippen LogP contribution in [-0.4, -0.2) is 63.0 Å². The van der Waals surface area contributed by atoms with Gasteiger partial charge in [-0.15, -0.1) is 0 Å². The predicted molar refractivity (Wildman–Crippen MR) is 141 cm³/mol. The molecule has 8 heteroatoms. The molecular formula is C29H36FN5O2. The largest absolute Gasteiger partial charge is 0.491 e. The number of benzene rings is 1. The van der Waals surface area contributed by atoms with Crippen molar-refractivity contribution in [2.75, 3.05) is 25.4 Å². The fourth-order valence-electron chi connectivity index (χ4n) is 7.24. The number of fused-ring (bicyclic) bond motifs is 3. The minimum Gasteiger partial charge on any atom is -0.491 e. The summed E-state index contributed by atoms with van der Waals surface area (Å²) in [7, 11) is 0. The summed E-state index contributed by atoms with van der Waals surface area (Å²) < 4.78 is 28.5. The number of ether oxygens (including phenoxy) is 2. The van der Waals surface area contributed by atoms with Crippen molar-refractivity contribution in [1.29, 1.82) is 0 Å². The lowest BCUT2D eigenvalue weighted by atomic mass is 9.89. The zero-order chi connectivity index (χ0) is 25.0. The summed E-state index contributed by atoms with van der Waals surface area (Å²) in [5.74, 6) is 1.35. The van der Waals surface area contributed by atoms with E-state index in [2.05, 4.69) is 37.8 Å². The molecule has 1 aliphatic carbocycles. The van der Waals surface area contributed by atoms with E-state index in [0.717, 1.165) is 85.8 Å². The maximum atomic E-state index is 13.8. The van der Waals surface area contributed by atoms with E-state index in [9.17, 15) is 4.39 Å². The molecule has 2 bridgehead atoms.